The third kappa shape index (κ3) is 2.74. The van der Waals surface area contributed by atoms with E-state index in [2.05, 4.69) is 10.3 Å². The second-order valence-corrected chi connectivity index (χ2v) is 5.61. The van der Waals surface area contributed by atoms with Gasteiger partial charge < -0.3 is 19.8 Å². The highest BCUT2D eigenvalue weighted by Gasteiger charge is 2.28. The third-order valence-corrected chi connectivity index (χ3v) is 4.28. The van der Waals surface area contributed by atoms with Gasteiger partial charge in [-0.3, -0.25) is 4.79 Å². The second kappa shape index (κ2) is 5.97. The highest BCUT2D eigenvalue weighted by molar-refractivity contribution is 5.93. The van der Waals surface area contributed by atoms with Gasteiger partial charge in [-0.1, -0.05) is 0 Å². The molecule has 1 aromatic heterocycles. The van der Waals surface area contributed by atoms with Crippen LogP contribution in [0.15, 0.2) is 6.07 Å². The number of hydrogen-bond donors (Lipinski definition) is 2. The molecule has 2 aliphatic rings. The van der Waals surface area contributed by atoms with Gasteiger partial charge in [-0.2, -0.15) is 0 Å². The number of hydrogen-bond acceptors (Lipinski definition) is 3. The molecule has 5 heteroatoms. The van der Waals surface area contributed by atoms with Crippen LogP contribution in [0.1, 0.15) is 41.0 Å². The van der Waals surface area contributed by atoms with E-state index in [1.54, 1.807) is 7.11 Å². The lowest BCUT2D eigenvalue weighted by atomic mass is 9.98. The molecular formula is C15H22N2O3. The fourth-order valence-corrected chi connectivity index (χ4v) is 3.08. The summed E-state index contributed by atoms with van der Waals surface area (Å²) in [5.41, 5.74) is 3.21. The molecule has 1 saturated heterocycles. The van der Waals surface area contributed by atoms with Crippen molar-refractivity contribution in [1.29, 1.82) is 0 Å². The summed E-state index contributed by atoms with van der Waals surface area (Å²) in [6.07, 6.45) is 5.30. The molecule has 1 fully saturated rings. The predicted octanol–water partition coefficient (Wildman–Crippen LogP) is 1.43. The van der Waals surface area contributed by atoms with Crippen LogP contribution in [0.25, 0.3) is 0 Å². The van der Waals surface area contributed by atoms with Gasteiger partial charge in [0.2, 0.25) is 0 Å². The number of methoxy groups -OCH3 is 1. The van der Waals surface area contributed by atoms with Crippen LogP contribution in [-0.2, 0) is 22.3 Å². The number of H-pyrrole nitrogens is 1. The molecule has 1 aromatic rings. The van der Waals surface area contributed by atoms with Crippen molar-refractivity contribution < 1.29 is 14.3 Å². The summed E-state index contributed by atoms with van der Waals surface area (Å²) in [7, 11) is 1.66. The maximum Gasteiger partial charge on any atom is 0.268 e. The fraction of sp³-hybridized carbons (Fsp3) is 0.667. The van der Waals surface area contributed by atoms with Crippen LogP contribution in [-0.4, -0.2) is 43.4 Å². The van der Waals surface area contributed by atoms with Crippen LogP contribution in [0.2, 0.25) is 0 Å². The van der Waals surface area contributed by atoms with Crippen molar-refractivity contribution in [3.05, 3.63) is 23.0 Å². The Labute approximate surface area is 119 Å². The monoisotopic (exact) mass is 278 g/mol. The highest BCUT2D eigenvalue weighted by Crippen LogP contribution is 2.22. The number of aryl methyl sites for hydroxylation is 2. The highest BCUT2D eigenvalue weighted by atomic mass is 16.5. The smallest absolute Gasteiger partial charge is 0.268 e. The van der Waals surface area contributed by atoms with Crippen LogP contribution >= 0.6 is 0 Å². The molecule has 3 rings (SSSR count). The maximum atomic E-state index is 12.4. The minimum Gasteiger partial charge on any atom is -0.379 e. The van der Waals surface area contributed by atoms with Gasteiger partial charge in [0.15, 0.2) is 0 Å². The Balaban J connectivity index is 1.67. The van der Waals surface area contributed by atoms with Gasteiger partial charge in [-0.05, 0) is 43.7 Å². The Bertz CT molecular complexity index is 460. The molecule has 20 heavy (non-hydrogen) atoms. The van der Waals surface area contributed by atoms with Crippen molar-refractivity contribution in [3.8, 4) is 0 Å². The van der Waals surface area contributed by atoms with Gasteiger partial charge >= 0.3 is 0 Å². The van der Waals surface area contributed by atoms with Crippen LogP contribution in [0.4, 0.5) is 0 Å². The summed E-state index contributed by atoms with van der Waals surface area (Å²) in [5, 5.41) is 3.07. The number of rotatable bonds is 3. The minimum atomic E-state index is -0.0581. The summed E-state index contributed by atoms with van der Waals surface area (Å²) >= 11 is 0. The Kier molecular flexibility index (Phi) is 4.08. The van der Waals surface area contributed by atoms with Crippen LogP contribution in [0.3, 0.4) is 0 Å². The number of aromatic nitrogens is 1. The Morgan fingerprint density at radius 3 is 3.10 bits per heavy atom. The first-order chi connectivity index (χ1) is 9.78. The molecule has 5 nitrogen and oxygen atoms in total. The van der Waals surface area contributed by atoms with Gasteiger partial charge in [-0.15, -0.1) is 0 Å². The first kappa shape index (κ1) is 13.6. The summed E-state index contributed by atoms with van der Waals surface area (Å²) in [4.78, 5) is 15.6. The van der Waals surface area contributed by atoms with Gasteiger partial charge in [0.1, 0.15) is 11.8 Å². The summed E-state index contributed by atoms with van der Waals surface area (Å²) in [6, 6.07) is 2.03. The molecule has 2 atom stereocenters. The lowest BCUT2D eigenvalue weighted by Gasteiger charge is -2.30. The zero-order valence-corrected chi connectivity index (χ0v) is 11.9. The lowest BCUT2D eigenvalue weighted by Crippen LogP contribution is -2.49. The molecule has 0 radical (unpaired) electrons. The van der Waals surface area contributed by atoms with Crippen molar-refractivity contribution in [3.63, 3.8) is 0 Å². The first-order valence-electron chi connectivity index (χ1n) is 7.40. The maximum absolute atomic E-state index is 12.4. The predicted molar refractivity (Wildman–Crippen MR) is 74.9 cm³/mol. The molecule has 0 aromatic carbocycles. The third-order valence-electron chi connectivity index (χ3n) is 4.28. The van der Waals surface area contributed by atoms with E-state index in [1.807, 2.05) is 6.07 Å². The number of aromatic amines is 1. The van der Waals surface area contributed by atoms with Gasteiger partial charge in [0.25, 0.3) is 5.91 Å². The summed E-state index contributed by atoms with van der Waals surface area (Å²) < 4.78 is 10.7. The number of carbonyl (C=O) groups excluding carboxylic acids is 1. The normalized spacial score (nSPS) is 26.1. The van der Waals surface area contributed by atoms with E-state index in [-0.39, 0.29) is 18.1 Å². The molecule has 0 bridgehead atoms. The molecule has 2 unspecified atom stereocenters. The summed E-state index contributed by atoms with van der Waals surface area (Å²) in [5.74, 6) is -0.0339. The number of fused-ring (bicyclic) bond motifs is 1. The SMILES string of the molecule is COC1COCCC1NC(=O)c1cc2c([nH]1)CCCC2. The summed E-state index contributed by atoms with van der Waals surface area (Å²) in [6.45, 7) is 1.22. The molecule has 2 heterocycles. The Morgan fingerprint density at radius 1 is 1.45 bits per heavy atom. The molecule has 0 saturated carbocycles. The van der Waals surface area contributed by atoms with Crippen molar-refractivity contribution in [2.24, 2.45) is 0 Å². The van der Waals surface area contributed by atoms with E-state index in [0.717, 1.165) is 19.3 Å². The number of nitrogens with one attached hydrogen (secondary N) is 2. The number of ether oxygens (including phenoxy) is 2. The molecule has 1 aliphatic carbocycles. The van der Waals surface area contributed by atoms with E-state index in [4.69, 9.17) is 9.47 Å². The largest absolute Gasteiger partial charge is 0.379 e. The molecule has 110 valence electrons. The molecule has 1 aliphatic heterocycles. The van der Waals surface area contributed by atoms with Crippen molar-refractivity contribution in [1.82, 2.24) is 10.3 Å². The number of amides is 1. The topological polar surface area (TPSA) is 63.4 Å². The fourth-order valence-electron chi connectivity index (χ4n) is 3.08. The van der Waals surface area contributed by atoms with Gasteiger partial charge in [0, 0.05) is 19.4 Å². The molecule has 1 amide bonds. The van der Waals surface area contributed by atoms with E-state index in [9.17, 15) is 4.79 Å². The van der Waals surface area contributed by atoms with Crippen LogP contribution in [0.5, 0.6) is 0 Å². The average Bonchev–Trinajstić information content (AvgIpc) is 2.92. The zero-order valence-electron chi connectivity index (χ0n) is 11.9. The van der Waals surface area contributed by atoms with E-state index in [1.165, 1.54) is 24.1 Å². The van der Waals surface area contributed by atoms with E-state index in [0.29, 0.717) is 18.9 Å². The quantitative estimate of drug-likeness (QED) is 0.879. The number of carbonyl (C=O) groups is 1. The van der Waals surface area contributed by atoms with Crippen LogP contribution in [0, 0.1) is 0 Å². The van der Waals surface area contributed by atoms with Crippen molar-refractivity contribution in [2.75, 3.05) is 20.3 Å². The zero-order chi connectivity index (χ0) is 13.9. The van der Waals surface area contributed by atoms with Crippen molar-refractivity contribution in [2.45, 2.75) is 44.2 Å². The molecule has 0 spiro atoms. The average molecular weight is 278 g/mol. The molecular weight excluding hydrogens is 256 g/mol. The lowest BCUT2D eigenvalue weighted by molar-refractivity contribution is -0.0479. The standard InChI is InChI=1S/C15H22N2O3/c1-19-14-9-20-7-6-12(14)17-15(18)13-8-10-4-2-3-5-11(10)16-13/h8,12,14,16H,2-7,9H2,1H3,(H,17,18). The Morgan fingerprint density at radius 2 is 2.30 bits per heavy atom. The van der Waals surface area contributed by atoms with E-state index >= 15 is 0 Å². The van der Waals surface area contributed by atoms with Gasteiger partial charge in [0.05, 0.1) is 12.6 Å². The second-order valence-electron chi connectivity index (χ2n) is 5.61. The van der Waals surface area contributed by atoms with Crippen molar-refractivity contribution >= 4 is 5.91 Å². The Hall–Kier alpha value is -1.33. The minimum absolute atomic E-state index is 0.0292. The van der Waals surface area contributed by atoms with Crippen LogP contribution < -0.4 is 5.32 Å². The van der Waals surface area contributed by atoms with Gasteiger partial charge in [-0.25, -0.2) is 0 Å². The first-order valence-corrected chi connectivity index (χ1v) is 7.40. The van der Waals surface area contributed by atoms with E-state index < -0.39 is 0 Å². The molecule has 2 N–H and O–H groups in total.